The van der Waals surface area contributed by atoms with E-state index in [-0.39, 0.29) is 11.3 Å². The number of carbonyl (C=O) groups is 1. The number of nitrogens with two attached hydrogens (primary N) is 1. The van der Waals surface area contributed by atoms with E-state index in [0.29, 0.717) is 5.39 Å². The number of hydrogen-bond acceptors (Lipinski definition) is 3. The number of fused-ring (bicyclic) bond motifs is 1. The number of primary amides is 1. The Morgan fingerprint density at radius 3 is 2.43 bits per heavy atom. The van der Waals surface area contributed by atoms with Gasteiger partial charge >= 0.3 is 0 Å². The van der Waals surface area contributed by atoms with Gasteiger partial charge in [0.05, 0.1) is 4.90 Å². The molecule has 2 aromatic rings. The number of sulfonamides is 1. The number of amides is 1. The highest BCUT2D eigenvalue weighted by Crippen LogP contribution is 2.24. The predicted octanol–water partition coefficient (Wildman–Crippen LogP) is 1.77. The SMILES string of the molecule is CC(C)(CC(N)=O)NS(=O)(=O)c1cccc2ccccc12. The van der Waals surface area contributed by atoms with Gasteiger partial charge in [0.15, 0.2) is 0 Å². The molecule has 0 aliphatic rings. The van der Waals surface area contributed by atoms with Crippen molar-refractivity contribution in [1.82, 2.24) is 4.72 Å². The number of rotatable bonds is 5. The van der Waals surface area contributed by atoms with Crippen LogP contribution in [0.5, 0.6) is 0 Å². The molecule has 0 aromatic heterocycles. The summed E-state index contributed by atoms with van der Waals surface area (Å²) in [5.74, 6) is -0.555. The molecule has 0 aliphatic carbocycles. The number of hydrogen-bond donors (Lipinski definition) is 2. The van der Waals surface area contributed by atoms with Crippen LogP contribution in [0.4, 0.5) is 0 Å². The van der Waals surface area contributed by atoms with Gasteiger partial charge < -0.3 is 5.73 Å². The Morgan fingerprint density at radius 2 is 1.76 bits per heavy atom. The van der Waals surface area contributed by atoms with Gasteiger partial charge in [-0.2, -0.15) is 0 Å². The van der Waals surface area contributed by atoms with Gasteiger partial charge in [-0.25, -0.2) is 13.1 Å². The van der Waals surface area contributed by atoms with Gasteiger partial charge in [0.2, 0.25) is 15.9 Å². The minimum atomic E-state index is -3.75. The zero-order valence-corrected chi connectivity index (χ0v) is 12.8. The molecule has 0 aliphatic heterocycles. The minimum absolute atomic E-state index is 0.0724. The van der Waals surface area contributed by atoms with Crippen molar-refractivity contribution < 1.29 is 13.2 Å². The van der Waals surface area contributed by atoms with Gasteiger partial charge in [-0.3, -0.25) is 4.79 Å². The van der Waals surface area contributed by atoms with E-state index in [0.717, 1.165) is 5.39 Å². The molecule has 0 spiro atoms. The van der Waals surface area contributed by atoms with Crippen LogP contribution in [0.25, 0.3) is 10.8 Å². The topological polar surface area (TPSA) is 89.3 Å². The lowest BCUT2D eigenvalue weighted by Crippen LogP contribution is -2.45. The maximum atomic E-state index is 12.6. The first-order valence-electron chi connectivity index (χ1n) is 6.51. The van der Waals surface area contributed by atoms with Crippen molar-refractivity contribution in [3.63, 3.8) is 0 Å². The average molecular weight is 306 g/mol. The van der Waals surface area contributed by atoms with Gasteiger partial charge in [-0.1, -0.05) is 36.4 Å². The zero-order chi connectivity index (χ0) is 15.7. The van der Waals surface area contributed by atoms with Crippen LogP contribution < -0.4 is 10.5 Å². The summed E-state index contributed by atoms with van der Waals surface area (Å²) in [6, 6.07) is 12.3. The van der Waals surface area contributed by atoms with Gasteiger partial charge in [-0.15, -0.1) is 0 Å². The summed E-state index contributed by atoms with van der Waals surface area (Å²) >= 11 is 0. The van der Waals surface area contributed by atoms with Crippen molar-refractivity contribution in [3.05, 3.63) is 42.5 Å². The van der Waals surface area contributed by atoms with E-state index in [9.17, 15) is 13.2 Å². The molecule has 112 valence electrons. The molecule has 3 N–H and O–H groups in total. The summed E-state index contributed by atoms with van der Waals surface area (Å²) in [6.07, 6.45) is -0.0724. The summed E-state index contributed by atoms with van der Waals surface area (Å²) in [4.78, 5) is 11.2. The fourth-order valence-electron chi connectivity index (χ4n) is 2.32. The molecule has 21 heavy (non-hydrogen) atoms. The fourth-order valence-corrected chi connectivity index (χ4v) is 3.96. The molecule has 0 fully saturated rings. The Morgan fingerprint density at radius 1 is 1.14 bits per heavy atom. The summed E-state index contributed by atoms with van der Waals surface area (Å²) in [7, 11) is -3.75. The van der Waals surface area contributed by atoms with E-state index >= 15 is 0 Å². The average Bonchev–Trinajstić information content (AvgIpc) is 2.35. The normalized spacial score (nSPS) is 12.5. The molecule has 6 heteroatoms. The van der Waals surface area contributed by atoms with Crippen molar-refractivity contribution in [2.75, 3.05) is 0 Å². The minimum Gasteiger partial charge on any atom is -0.370 e. The third-order valence-corrected chi connectivity index (χ3v) is 4.82. The Kier molecular flexibility index (Phi) is 4.02. The highest BCUT2D eigenvalue weighted by atomic mass is 32.2. The molecule has 0 radical (unpaired) electrons. The highest BCUT2D eigenvalue weighted by Gasteiger charge is 2.28. The second kappa shape index (κ2) is 5.46. The highest BCUT2D eigenvalue weighted by molar-refractivity contribution is 7.89. The third kappa shape index (κ3) is 3.59. The van der Waals surface area contributed by atoms with Crippen LogP contribution in [-0.4, -0.2) is 19.9 Å². The Balaban J connectivity index is 2.45. The second-order valence-electron chi connectivity index (χ2n) is 5.61. The van der Waals surface area contributed by atoms with E-state index in [4.69, 9.17) is 5.73 Å². The smallest absolute Gasteiger partial charge is 0.241 e. The zero-order valence-electron chi connectivity index (χ0n) is 12.0. The molecule has 0 saturated carbocycles. The summed E-state index contributed by atoms with van der Waals surface area (Å²) in [5, 5.41) is 1.48. The largest absolute Gasteiger partial charge is 0.370 e. The Labute approximate surface area is 124 Å². The van der Waals surface area contributed by atoms with E-state index in [1.807, 2.05) is 18.2 Å². The van der Waals surface area contributed by atoms with Gasteiger partial charge in [0.25, 0.3) is 0 Å². The Hall–Kier alpha value is -1.92. The molecule has 0 heterocycles. The molecule has 2 rings (SSSR count). The first-order chi connectivity index (χ1) is 9.71. The van der Waals surface area contributed by atoms with Crippen molar-refractivity contribution in [3.8, 4) is 0 Å². The second-order valence-corrected chi connectivity index (χ2v) is 7.26. The van der Waals surface area contributed by atoms with Crippen molar-refractivity contribution in [1.29, 1.82) is 0 Å². The number of carbonyl (C=O) groups excluding carboxylic acids is 1. The van der Waals surface area contributed by atoms with E-state index in [2.05, 4.69) is 4.72 Å². The molecule has 0 saturated heterocycles. The van der Waals surface area contributed by atoms with Gasteiger partial charge in [0.1, 0.15) is 0 Å². The number of benzene rings is 2. The van der Waals surface area contributed by atoms with Gasteiger partial charge in [-0.05, 0) is 25.3 Å². The summed E-state index contributed by atoms with van der Waals surface area (Å²) in [6.45, 7) is 3.25. The predicted molar refractivity (Wildman–Crippen MR) is 82.2 cm³/mol. The van der Waals surface area contributed by atoms with Crippen LogP contribution in [-0.2, 0) is 14.8 Å². The van der Waals surface area contributed by atoms with Crippen molar-refractivity contribution >= 4 is 26.7 Å². The van der Waals surface area contributed by atoms with E-state index in [1.165, 1.54) is 0 Å². The lowest BCUT2D eigenvalue weighted by molar-refractivity contribution is -0.119. The van der Waals surface area contributed by atoms with Crippen LogP contribution in [0.3, 0.4) is 0 Å². The Bertz CT molecular complexity index is 777. The van der Waals surface area contributed by atoms with Crippen molar-refractivity contribution in [2.24, 2.45) is 5.73 Å². The molecule has 0 atom stereocenters. The van der Waals surface area contributed by atoms with Crippen LogP contribution in [0.15, 0.2) is 47.4 Å². The monoisotopic (exact) mass is 306 g/mol. The van der Waals surface area contributed by atoms with Crippen LogP contribution in [0.1, 0.15) is 20.3 Å². The maximum absolute atomic E-state index is 12.6. The maximum Gasteiger partial charge on any atom is 0.241 e. The molecular weight excluding hydrogens is 288 g/mol. The molecule has 2 aromatic carbocycles. The summed E-state index contributed by atoms with van der Waals surface area (Å²) < 4.78 is 27.7. The fraction of sp³-hybridized carbons (Fsp3) is 0.267. The number of nitrogens with one attached hydrogen (secondary N) is 1. The molecular formula is C15H18N2O3S. The third-order valence-electron chi connectivity index (χ3n) is 3.07. The lowest BCUT2D eigenvalue weighted by Gasteiger charge is -2.24. The van der Waals surface area contributed by atoms with Crippen molar-refractivity contribution in [2.45, 2.75) is 30.7 Å². The van der Waals surface area contributed by atoms with Crippen LogP contribution in [0, 0.1) is 0 Å². The first-order valence-corrected chi connectivity index (χ1v) is 8.00. The quantitative estimate of drug-likeness (QED) is 0.882. The summed E-state index contributed by atoms with van der Waals surface area (Å²) in [5.41, 5.74) is 4.21. The molecule has 0 bridgehead atoms. The van der Waals surface area contributed by atoms with E-state index < -0.39 is 21.5 Å². The standard InChI is InChI=1S/C15H18N2O3S/c1-15(2,10-14(16)18)17-21(19,20)13-9-5-7-11-6-3-4-8-12(11)13/h3-9,17H,10H2,1-2H3,(H2,16,18). The first kappa shape index (κ1) is 15.5. The van der Waals surface area contributed by atoms with Gasteiger partial charge in [0, 0.05) is 17.3 Å². The molecule has 0 unspecified atom stereocenters. The van der Waals surface area contributed by atoms with E-state index in [1.54, 1.807) is 38.1 Å². The van der Waals surface area contributed by atoms with Crippen LogP contribution >= 0.6 is 0 Å². The molecule has 5 nitrogen and oxygen atoms in total. The lowest BCUT2D eigenvalue weighted by atomic mass is 10.0. The van der Waals surface area contributed by atoms with Crippen LogP contribution in [0.2, 0.25) is 0 Å². The molecule has 1 amide bonds.